The molecule has 0 atom stereocenters. The molecule has 24 heavy (non-hydrogen) atoms. The first-order valence-corrected chi connectivity index (χ1v) is 8.96. The lowest BCUT2D eigenvalue weighted by atomic mass is 10.1. The van der Waals surface area contributed by atoms with Gasteiger partial charge in [0, 0.05) is 18.7 Å². The molecule has 1 aliphatic rings. The number of benzene rings is 1. The molecule has 132 valence electrons. The second kappa shape index (κ2) is 7.69. The van der Waals surface area contributed by atoms with Crippen LogP contribution in [0.15, 0.2) is 29.2 Å². The molecule has 2 N–H and O–H groups in total. The van der Waals surface area contributed by atoms with Gasteiger partial charge in [0.15, 0.2) is 0 Å². The van der Waals surface area contributed by atoms with E-state index in [-0.39, 0.29) is 23.0 Å². The number of hydrogen-bond acceptors (Lipinski definition) is 6. The number of hydrogen-bond donors (Lipinski definition) is 2. The van der Waals surface area contributed by atoms with Gasteiger partial charge in [0.2, 0.25) is 10.0 Å². The van der Waals surface area contributed by atoms with Gasteiger partial charge < -0.3 is 0 Å². The largest absolute Gasteiger partial charge is 0.289 e. The maximum Gasteiger partial charge on any atom is 0.269 e. The molecule has 1 saturated carbocycles. The van der Waals surface area contributed by atoms with Crippen molar-refractivity contribution in [1.29, 1.82) is 0 Å². The number of nitro groups is 1. The Morgan fingerprint density at radius 2 is 1.88 bits per heavy atom. The van der Waals surface area contributed by atoms with Gasteiger partial charge in [-0.2, -0.15) is 4.31 Å². The van der Waals surface area contributed by atoms with Crippen molar-refractivity contribution in [3.63, 3.8) is 0 Å². The molecule has 0 bridgehead atoms. The molecule has 0 unspecified atom stereocenters. The molecule has 0 saturated heterocycles. The zero-order chi connectivity index (χ0) is 17.7. The van der Waals surface area contributed by atoms with Crippen molar-refractivity contribution < 1.29 is 23.3 Å². The average molecular weight is 357 g/mol. The number of carbonyl (C=O) groups excluding carboxylic acids is 1. The zero-order valence-corrected chi connectivity index (χ0v) is 13.7. The first-order valence-electron chi connectivity index (χ1n) is 7.52. The Morgan fingerprint density at radius 3 is 2.38 bits per heavy atom. The summed E-state index contributed by atoms with van der Waals surface area (Å²) >= 11 is 0. The minimum Gasteiger partial charge on any atom is -0.289 e. The van der Waals surface area contributed by atoms with Crippen LogP contribution in [0.25, 0.3) is 0 Å². The third-order valence-electron chi connectivity index (χ3n) is 4.07. The fourth-order valence-electron chi connectivity index (χ4n) is 2.81. The molecule has 1 aromatic rings. The fourth-order valence-corrected chi connectivity index (χ4v) is 4.29. The second-order valence-corrected chi connectivity index (χ2v) is 7.67. The molecule has 2 rings (SSSR count). The predicted molar refractivity (Wildman–Crippen MR) is 83.7 cm³/mol. The van der Waals surface area contributed by atoms with Crippen LogP contribution in [0.1, 0.15) is 25.7 Å². The first kappa shape index (κ1) is 18.3. The maximum atomic E-state index is 12.7. The van der Waals surface area contributed by atoms with E-state index in [0.29, 0.717) is 0 Å². The molecular formula is C14H19N3O6S. The van der Waals surface area contributed by atoms with Crippen LogP contribution in [-0.2, 0) is 14.8 Å². The smallest absolute Gasteiger partial charge is 0.269 e. The van der Waals surface area contributed by atoms with Crippen molar-refractivity contribution in [1.82, 2.24) is 9.79 Å². The van der Waals surface area contributed by atoms with Crippen molar-refractivity contribution in [2.24, 2.45) is 5.92 Å². The van der Waals surface area contributed by atoms with E-state index in [4.69, 9.17) is 5.21 Å². The van der Waals surface area contributed by atoms with Crippen molar-refractivity contribution in [2.75, 3.05) is 13.1 Å². The lowest BCUT2D eigenvalue weighted by Crippen LogP contribution is -2.42. The molecule has 10 heteroatoms. The van der Waals surface area contributed by atoms with E-state index in [1.165, 1.54) is 5.48 Å². The highest BCUT2D eigenvalue weighted by Crippen LogP contribution is 2.28. The molecule has 0 radical (unpaired) electrons. The van der Waals surface area contributed by atoms with Crippen LogP contribution in [0.5, 0.6) is 0 Å². The van der Waals surface area contributed by atoms with Gasteiger partial charge in [-0.25, -0.2) is 13.9 Å². The van der Waals surface area contributed by atoms with Gasteiger partial charge in [-0.3, -0.25) is 20.1 Å². The molecule has 0 aliphatic heterocycles. The summed E-state index contributed by atoms with van der Waals surface area (Å²) < 4.78 is 26.5. The maximum absolute atomic E-state index is 12.7. The van der Waals surface area contributed by atoms with Crippen LogP contribution in [-0.4, -0.2) is 41.9 Å². The molecule has 0 spiro atoms. The first-order chi connectivity index (χ1) is 11.3. The number of rotatable bonds is 7. The highest BCUT2D eigenvalue weighted by Gasteiger charge is 2.30. The van der Waals surface area contributed by atoms with Crippen LogP contribution in [0.2, 0.25) is 0 Å². The average Bonchev–Trinajstić information content (AvgIpc) is 3.07. The lowest BCUT2D eigenvalue weighted by molar-refractivity contribution is -0.384. The Kier molecular flexibility index (Phi) is 5.86. The molecule has 9 nitrogen and oxygen atoms in total. The highest BCUT2D eigenvalue weighted by molar-refractivity contribution is 7.89. The number of nitro benzene ring substituents is 1. The summed E-state index contributed by atoms with van der Waals surface area (Å²) in [4.78, 5) is 21.4. The van der Waals surface area contributed by atoms with Gasteiger partial charge in [-0.15, -0.1) is 0 Å². The number of amides is 1. The fraction of sp³-hybridized carbons (Fsp3) is 0.500. The van der Waals surface area contributed by atoms with Crippen molar-refractivity contribution in [3.8, 4) is 0 Å². The summed E-state index contributed by atoms with van der Waals surface area (Å²) in [7, 11) is -4.00. The predicted octanol–water partition coefficient (Wildman–Crippen LogP) is 1.28. The topological polar surface area (TPSA) is 130 Å². The summed E-state index contributed by atoms with van der Waals surface area (Å²) in [5.74, 6) is -0.678. The van der Waals surface area contributed by atoms with Crippen molar-refractivity contribution >= 4 is 21.6 Å². The number of non-ortho nitro benzene ring substituents is 1. The van der Waals surface area contributed by atoms with E-state index < -0.39 is 27.4 Å². The van der Waals surface area contributed by atoms with E-state index in [1.807, 2.05) is 0 Å². The van der Waals surface area contributed by atoms with Crippen LogP contribution >= 0.6 is 0 Å². The number of nitrogens with one attached hydrogen (secondary N) is 1. The van der Waals surface area contributed by atoms with Crippen molar-refractivity contribution in [3.05, 3.63) is 34.4 Å². The van der Waals surface area contributed by atoms with Crippen LogP contribution in [0, 0.1) is 16.0 Å². The van der Waals surface area contributed by atoms with Gasteiger partial charge in [0.05, 0.1) is 16.4 Å². The number of carbonyl (C=O) groups is 1. The van der Waals surface area contributed by atoms with Gasteiger partial charge in [0.1, 0.15) is 0 Å². The number of sulfonamides is 1. The summed E-state index contributed by atoms with van der Waals surface area (Å²) in [6.07, 6.45) is 3.80. The molecule has 1 amide bonds. The van der Waals surface area contributed by atoms with Gasteiger partial charge in [-0.1, -0.05) is 12.8 Å². The van der Waals surface area contributed by atoms with Crippen molar-refractivity contribution in [2.45, 2.75) is 30.6 Å². The zero-order valence-electron chi connectivity index (χ0n) is 12.9. The Balaban J connectivity index is 2.26. The van der Waals surface area contributed by atoms with Crippen LogP contribution < -0.4 is 5.48 Å². The summed E-state index contributed by atoms with van der Waals surface area (Å²) in [6, 6.07) is 4.50. The van der Waals surface area contributed by atoms with E-state index >= 15 is 0 Å². The second-order valence-electron chi connectivity index (χ2n) is 5.73. The molecule has 1 aromatic carbocycles. The van der Waals surface area contributed by atoms with E-state index in [9.17, 15) is 23.3 Å². The van der Waals surface area contributed by atoms with Crippen LogP contribution in [0.3, 0.4) is 0 Å². The Bertz CT molecular complexity index is 698. The monoisotopic (exact) mass is 357 g/mol. The summed E-state index contributed by atoms with van der Waals surface area (Å²) in [6.45, 7) is -0.334. The number of hydroxylamine groups is 1. The molecule has 1 aliphatic carbocycles. The minimum atomic E-state index is -4.00. The quantitative estimate of drug-likeness (QED) is 0.429. The van der Waals surface area contributed by atoms with E-state index in [2.05, 4.69) is 0 Å². The van der Waals surface area contributed by atoms with Gasteiger partial charge in [0.25, 0.3) is 11.6 Å². The van der Waals surface area contributed by atoms with Gasteiger partial charge >= 0.3 is 0 Å². The molecule has 0 aromatic heterocycles. The van der Waals surface area contributed by atoms with Crippen LogP contribution in [0.4, 0.5) is 5.69 Å². The number of nitrogens with zero attached hydrogens (tertiary/aromatic N) is 2. The summed E-state index contributed by atoms with van der Waals surface area (Å²) in [5, 5.41) is 19.4. The lowest BCUT2D eigenvalue weighted by Gasteiger charge is -2.24. The third-order valence-corrected chi connectivity index (χ3v) is 5.89. The Hall–Kier alpha value is -2.04. The molecule has 0 heterocycles. The highest BCUT2D eigenvalue weighted by atomic mass is 32.2. The minimum absolute atomic E-state index is 0.128. The standard InChI is InChI=1S/C14H19N3O6S/c18-14(15-19)10-16(9-11-3-1-2-4-11)24(22,23)13-7-5-12(6-8-13)17(20)21/h5-8,11,19H,1-4,9-10H2,(H,15,18). The third kappa shape index (κ3) is 4.28. The molecule has 1 fully saturated rings. The Morgan fingerprint density at radius 1 is 1.29 bits per heavy atom. The van der Waals surface area contributed by atoms with Gasteiger partial charge in [-0.05, 0) is 30.9 Å². The SMILES string of the molecule is O=C(CN(CC1CCCC1)S(=O)(=O)c1ccc([N+](=O)[O-])cc1)NO. The van der Waals surface area contributed by atoms with E-state index in [1.54, 1.807) is 0 Å². The Labute approximate surface area is 139 Å². The molecular weight excluding hydrogens is 338 g/mol. The normalized spacial score (nSPS) is 15.6. The van der Waals surface area contributed by atoms with E-state index in [0.717, 1.165) is 54.3 Å². The summed E-state index contributed by atoms with van der Waals surface area (Å²) in [5.41, 5.74) is 1.22.